The third-order valence-corrected chi connectivity index (χ3v) is 3.33. The van der Waals surface area contributed by atoms with Crippen molar-refractivity contribution < 1.29 is 9.21 Å². The minimum absolute atomic E-state index is 0.201. The molecule has 1 atom stereocenters. The Morgan fingerprint density at radius 1 is 1.33 bits per heavy atom. The minimum atomic E-state index is -0.302. The number of carbonyl (C=O) groups excluding carboxylic acids is 1. The summed E-state index contributed by atoms with van der Waals surface area (Å²) in [6, 6.07) is 7.69. The van der Waals surface area contributed by atoms with Crippen LogP contribution < -0.4 is 11.1 Å². The standard InChI is InChI=1S/C16H21N3O2/c1-10(2)14(17)16-19-13(9-21-16)15(20)18-8-12-6-4-11(3)5-7-12/h4-7,9-10,14H,8,17H2,1-3H3,(H,18,20). The van der Waals surface area contributed by atoms with E-state index in [1.54, 1.807) is 0 Å². The Hall–Kier alpha value is -2.14. The molecule has 0 saturated carbocycles. The summed E-state index contributed by atoms with van der Waals surface area (Å²) in [7, 11) is 0. The highest BCUT2D eigenvalue weighted by Gasteiger charge is 2.19. The SMILES string of the molecule is Cc1ccc(CNC(=O)c2coc(C(N)C(C)C)n2)cc1. The van der Waals surface area contributed by atoms with Crippen molar-refractivity contribution in [2.45, 2.75) is 33.4 Å². The van der Waals surface area contributed by atoms with Gasteiger partial charge in [0.25, 0.3) is 5.91 Å². The van der Waals surface area contributed by atoms with Gasteiger partial charge in [0, 0.05) is 6.54 Å². The van der Waals surface area contributed by atoms with Crippen LogP contribution >= 0.6 is 0 Å². The van der Waals surface area contributed by atoms with Crippen molar-refractivity contribution >= 4 is 5.91 Å². The molecular weight excluding hydrogens is 266 g/mol. The van der Waals surface area contributed by atoms with E-state index in [1.165, 1.54) is 11.8 Å². The fourth-order valence-corrected chi connectivity index (χ4v) is 1.81. The lowest BCUT2D eigenvalue weighted by Gasteiger charge is -2.10. The molecule has 0 aliphatic heterocycles. The van der Waals surface area contributed by atoms with Gasteiger partial charge in [-0.15, -0.1) is 0 Å². The van der Waals surface area contributed by atoms with Gasteiger partial charge in [0.2, 0.25) is 5.89 Å². The highest BCUT2D eigenvalue weighted by atomic mass is 16.3. The van der Waals surface area contributed by atoms with Crippen molar-refractivity contribution in [2.75, 3.05) is 0 Å². The van der Waals surface area contributed by atoms with E-state index in [1.807, 2.05) is 45.0 Å². The van der Waals surface area contributed by atoms with Crippen molar-refractivity contribution in [2.24, 2.45) is 11.7 Å². The number of aryl methyl sites for hydroxylation is 1. The highest BCUT2D eigenvalue weighted by Crippen LogP contribution is 2.17. The van der Waals surface area contributed by atoms with Gasteiger partial charge in [-0.1, -0.05) is 43.7 Å². The summed E-state index contributed by atoms with van der Waals surface area (Å²) in [6.07, 6.45) is 1.35. The lowest BCUT2D eigenvalue weighted by atomic mass is 10.1. The van der Waals surface area contributed by atoms with E-state index in [2.05, 4.69) is 10.3 Å². The fourth-order valence-electron chi connectivity index (χ4n) is 1.81. The van der Waals surface area contributed by atoms with Gasteiger partial charge in [-0.25, -0.2) is 4.98 Å². The molecule has 112 valence electrons. The first-order chi connectivity index (χ1) is 9.97. The molecule has 0 spiro atoms. The third kappa shape index (κ3) is 3.92. The van der Waals surface area contributed by atoms with Crippen molar-refractivity contribution in [3.8, 4) is 0 Å². The van der Waals surface area contributed by atoms with E-state index in [0.717, 1.165) is 5.56 Å². The maximum Gasteiger partial charge on any atom is 0.273 e. The molecule has 0 radical (unpaired) electrons. The van der Waals surface area contributed by atoms with Crippen molar-refractivity contribution in [1.29, 1.82) is 0 Å². The van der Waals surface area contributed by atoms with Crippen LogP contribution in [0.2, 0.25) is 0 Å². The van der Waals surface area contributed by atoms with Gasteiger partial charge < -0.3 is 15.5 Å². The van der Waals surface area contributed by atoms with Gasteiger partial charge in [-0.2, -0.15) is 0 Å². The summed E-state index contributed by atoms with van der Waals surface area (Å²) in [5, 5.41) is 2.81. The zero-order chi connectivity index (χ0) is 15.4. The second-order valence-corrected chi connectivity index (χ2v) is 5.51. The molecule has 0 aliphatic carbocycles. The number of benzene rings is 1. The lowest BCUT2D eigenvalue weighted by molar-refractivity contribution is 0.0946. The van der Waals surface area contributed by atoms with E-state index in [-0.39, 0.29) is 23.6 Å². The molecule has 1 aromatic carbocycles. The second kappa shape index (κ2) is 6.54. The Labute approximate surface area is 124 Å². The average Bonchev–Trinajstić information content (AvgIpc) is 2.95. The van der Waals surface area contributed by atoms with Crippen LogP contribution in [0.1, 0.15) is 47.4 Å². The topological polar surface area (TPSA) is 81.2 Å². The molecular formula is C16H21N3O2. The number of oxazole rings is 1. The molecule has 21 heavy (non-hydrogen) atoms. The van der Waals surface area contributed by atoms with Gasteiger partial charge in [0.15, 0.2) is 5.69 Å². The maximum absolute atomic E-state index is 12.0. The molecule has 0 bridgehead atoms. The van der Waals surface area contributed by atoms with E-state index in [0.29, 0.717) is 12.4 Å². The Kier molecular flexibility index (Phi) is 4.75. The van der Waals surface area contributed by atoms with Gasteiger partial charge in [0.1, 0.15) is 6.26 Å². The molecule has 0 saturated heterocycles. The Balaban J connectivity index is 1.96. The number of hydrogen-bond donors (Lipinski definition) is 2. The van der Waals surface area contributed by atoms with Crippen molar-refractivity contribution in [1.82, 2.24) is 10.3 Å². The molecule has 5 heteroatoms. The van der Waals surface area contributed by atoms with Crippen LogP contribution in [-0.4, -0.2) is 10.9 Å². The van der Waals surface area contributed by atoms with Crippen molar-refractivity contribution in [3.05, 3.63) is 53.2 Å². The van der Waals surface area contributed by atoms with Crippen LogP contribution in [0.15, 0.2) is 34.9 Å². The Bertz CT molecular complexity index is 602. The lowest BCUT2D eigenvalue weighted by Crippen LogP contribution is -2.23. The van der Waals surface area contributed by atoms with Crippen LogP contribution in [0, 0.1) is 12.8 Å². The Morgan fingerprint density at radius 3 is 2.62 bits per heavy atom. The first-order valence-corrected chi connectivity index (χ1v) is 7.02. The smallest absolute Gasteiger partial charge is 0.273 e. The number of aromatic nitrogens is 1. The molecule has 0 aliphatic rings. The first-order valence-electron chi connectivity index (χ1n) is 7.02. The molecule has 1 aromatic heterocycles. The number of nitrogens with two attached hydrogens (primary N) is 1. The van der Waals surface area contributed by atoms with Crippen LogP contribution in [0.4, 0.5) is 0 Å². The molecule has 1 unspecified atom stereocenters. The summed E-state index contributed by atoms with van der Waals surface area (Å²) in [6.45, 7) is 6.44. The average molecular weight is 287 g/mol. The van der Waals surface area contributed by atoms with E-state index < -0.39 is 0 Å². The van der Waals surface area contributed by atoms with Gasteiger partial charge >= 0.3 is 0 Å². The number of hydrogen-bond acceptors (Lipinski definition) is 4. The van der Waals surface area contributed by atoms with E-state index in [9.17, 15) is 4.79 Å². The monoisotopic (exact) mass is 287 g/mol. The number of rotatable bonds is 5. The van der Waals surface area contributed by atoms with Gasteiger partial charge in [-0.05, 0) is 18.4 Å². The zero-order valence-electron chi connectivity index (χ0n) is 12.6. The summed E-state index contributed by atoms with van der Waals surface area (Å²) >= 11 is 0. The molecule has 1 heterocycles. The molecule has 0 fully saturated rings. The summed E-state index contributed by atoms with van der Waals surface area (Å²) in [5.74, 6) is 0.333. The summed E-state index contributed by atoms with van der Waals surface area (Å²) in [4.78, 5) is 16.2. The van der Waals surface area contributed by atoms with Crippen LogP contribution in [0.5, 0.6) is 0 Å². The van der Waals surface area contributed by atoms with Crippen LogP contribution in [-0.2, 0) is 6.54 Å². The maximum atomic E-state index is 12.0. The molecule has 1 amide bonds. The predicted octanol–water partition coefficient (Wildman–Crippen LogP) is 2.57. The minimum Gasteiger partial charge on any atom is -0.446 e. The van der Waals surface area contributed by atoms with E-state index >= 15 is 0 Å². The number of nitrogens with zero attached hydrogens (tertiary/aromatic N) is 1. The molecule has 2 rings (SSSR count). The predicted molar refractivity (Wildman–Crippen MR) is 80.6 cm³/mol. The zero-order valence-corrected chi connectivity index (χ0v) is 12.6. The number of amides is 1. The number of nitrogens with one attached hydrogen (secondary N) is 1. The van der Waals surface area contributed by atoms with Gasteiger partial charge in [-0.3, -0.25) is 4.79 Å². The summed E-state index contributed by atoms with van der Waals surface area (Å²) < 4.78 is 5.28. The van der Waals surface area contributed by atoms with Crippen LogP contribution in [0.25, 0.3) is 0 Å². The molecule has 3 N–H and O–H groups in total. The molecule has 5 nitrogen and oxygen atoms in total. The quantitative estimate of drug-likeness (QED) is 0.885. The van der Waals surface area contributed by atoms with E-state index in [4.69, 9.17) is 10.2 Å². The first kappa shape index (κ1) is 15.3. The van der Waals surface area contributed by atoms with Gasteiger partial charge in [0.05, 0.1) is 6.04 Å². The highest BCUT2D eigenvalue weighted by molar-refractivity contribution is 5.91. The molecule has 2 aromatic rings. The third-order valence-electron chi connectivity index (χ3n) is 3.33. The van der Waals surface area contributed by atoms with Crippen LogP contribution in [0.3, 0.4) is 0 Å². The number of carbonyl (C=O) groups is 1. The largest absolute Gasteiger partial charge is 0.446 e. The van der Waals surface area contributed by atoms with Crippen molar-refractivity contribution in [3.63, 3.8) is 0 Å². The second-order valence-electron chi connectivity index (χ2n) is 5.51. The Morgan fingerprint density at radius 2 is 2.00 bits per heavy atom. The fraction of sp³-hybridized carbons (Fsp3) is 0.375. The normalized spacial score (nSPS) is 12.4. The summed E-state index contributed by atoms with van der Waals surface area (Å²) in [5.41, 5.74) is 8.43.